The standard InChI is InChI=1S/C22H25Cl2N3O3/c1-12-20(26)27-17-11-14(5-7-18(17)29-12)19(25)21(28)30-22(2,3)9-8-13-4-6-15(23)16(24)10-13/h4-7,10-12,19H,8-9,25H2,1-3H3,(H2,26,27). The molecule has 0 aliphatic carbocycles. The summed E-state index contributed by atoms with van der Waals surface area (Å²) in [6, 6.07) is 9.69. The Balaban J connectivity index is 1.64. The molecule has 0 bridgehead atoms. The average molecular weight is 450 g/mol. The van der Waals surface area contributed by atoms with Crippen LogP contribution in [-0.2, 0) is 16.0 Å². The maximum Gasteiger partial charge on any atom is 0.328 e. The maximum absolute atomic E-state index is 12.7. The smallest absolute Gasteiger partial charge is 0.328 e. The average Bonchev–Trinajstić information content (AvgIpc) is 2.68. The van der Waals surface area contributed by atoms with Gasteiger partial charge in [0.2, 0.25) is 0 Å². The zero-order valence-electron chi connectivity index (χ0n) is 17.1. The number of aliphatic imine (C=N–C) groups is 1. The molecule has 0 spiro atoms. The van der Waals surface area contributed by atoms with Gasteiger partial charge in [0.1, 0.15) is 28.9 Å². The summed E-state index contributed by atoms with van der Waals surface area (Å²) in [6.45, 7) is 5.52. The summed E-state index contributed by atoms with van der Waals surface area (Å²) < 4.78 is 11.4. The van der Waals surface area contributed by atoms with Gasteiger partial charge in [0, 0.05) is 0 Å². The van der Waals surface area contributed by atoms with Crippen LogP contribution in [0.4, 0.5) is 5.69 Å². The Morgan fingerprint density at radius 3 is 2.67 bits per heavy atom. The Morgan fingerprint density at radius 1 is 1.23 bits per heavy atom. The van der Waals surface area contributed by atoms with E-state index in [9.17, 15) is 4.79 Å². The number of nitrogens with two attached hydrogens (primary N) is 2. The van der Waals surface area contributed by atoms with Crippen LogP contribution in [0.5, 0.6) is 5.75 Å². The number of ether oxygens (including phenoxy) is 2. The molecule has 160 valence electrons. The number of hydrogen-bond donors (Lipinski definition) is 2. The van der Waals surface area contributed by atoms with Crippen LogP contribution in [0, 0.1) is 0 Å². The van der Waals surface area contributed by atoms with E-state index in [4.69, 9.17) is 44.1 Å². The van der Waals surface area contributed by atoms with Crippen molar-refractivity contribution in [2.45, 2.75) is 51.4 Å². The van der Waals surface area contributed by atoms with E-state index in [1.54, 1.807) is 24.3 Å². The molecule has 2 aromatic carbocycles. The minimum atomic E-state index is -0.949. The molecule has 2 aromatic rings. The van der Waals surface area contributed by atoms with Crippen molar-refractivity contribution in [2.75, 3.05) is 0 Å². The highest BCUT2D eigenvalue weighted by Gasteiger charge is 2.28. The third-order valence-electron chi connectivity index (χ3n) is 4.94. The van der Waals surface area contributed by atoms with E-state index in [0.717, 1.165) is 5.56 Å². The molecular formula is C22H25Cl2N3O3. The van der Waals surface area contributed by atoms with Crippen molar-refractivity contribution >= 4 is 40.7 Å². The number of halogens is 2. The van der Waals surface area contributed by atoms with E-state index in [2.05, 4.69) is 4.99 Å². The number of amidine groups is 1. The van der Waals surface area contributed by atoms with Gasteiger partial charge in [-0.3, -0.25) is 0 Å². The Morgan fingerprint density at radius 2 is 1.97 bits per heavy atom. The normalized spacial score (nSPS) is 16.9. The predicted octanol–water partition coefficient (Wildman–Crippen LogP) is 4.72. The topological polar surface area (TPSA) is 99.9 Å². The second-order valence-corrected chi connectivity index (χ2v) is 8.75. The second kappa shape index (κ2) is 8.84. The number of aryl methyl sites for hydroxylation is 1. The van der Waals surface area contributed by atoms with Gasteiger partial charge in [0.25, 0.3) is 0 Å². The summed E-state index contributed by atoms with van der Waals surface area (Å²) in [5.41, 5.74) is 13.4. The number of carbonyl (C=O) groups is 1. The monoisotopic (exact) mass is 449 g/mol. The molecule has 0 saturated heterocycles. The lowest BCUT2D eigenvalue weighted by molar-refractivity contribution is -0.158. The summed E-state index contributed by atoms with van der Waals surface area (Å²) in [5.74, 6) is 0.457. The molecule has 8 heteroatoms. The van der Waals surface area contributed by atoms with Crippen molar-refractivity contribution in [1.29, 1.82) is 0 Å². The van der Waals surface area contributed by atoms with Gasteiger partial charge in [-0.1, -0.05) is 35.3 Å². The molecular weight excluding hydrogens is 425 g/mol. The summed E-state index contributed by atoms with van der Waals surface area (Å²) in [7, 11) is 0. The molecule has 6 nitrogen and oxygen atoms in total. The van der Waals surface area contributed by atoms with Crippen LogP contribution < -0.4 is 16.2 Å². The molecule has 0 amide bonds. The van der Waals surface area contributed by atoms with Gasteiger partial charge < -0.3 is 20.9 Å². The molecule has 0 fully saturated rings. The number of hydrogen-bond acceptors (Lipinski definition) is 6. The van der Waals surface area contributed by atoms with Crippen LogP contribution >= 0.6 is 23.2 Å². The summed E-state index contributed by atoms with van der Waals surface area (Å²) in [6.07, 6.45) is 0.980. The van der Waals surface area contributed by atoms with E-state index in [0.29, 0.717) is 45.7 Å². The first-order valence-electron chi connectivity index (χ1n) is 9.63. The minimum Gasteiger partial charge on any atom is -0.481 e. The van der Waals surface area contributed by atoms with Gasteiger partial charge >= 0.3 is 5.97 Å². The van der Waals surface area contributed by atoms with E-state index >= 15 is 0 Å². The Bertz CT molecular complexity index is 992. The fourth-order valence-electron chi connectivity index (χ4n) is 3.06. The van der Waals surface area contributed by atoms with Crippen LogP contribution in [0.1, 0.15) is 44.4 Å². The third-order valence-corrected chi connectivity index (χ3v) is 5.68. The van der Waals surface area contributed by atoms with Crippen LogP contribution in [-0.4, -0.2) is 23.5 Å². The van der Waals surface area contributed by atoms with Crippen molar-refractivity contribution in [3.05, 3.63) is 57.6 Å². The number of benzene rings is 2. The molecule has 1 heterocycles. The van der Waals surface area contributed by atoms with Gasteiger partial charge in [-0.15, -0.1) is 0 Å². The highest BCUT2D eigenvalue weighted by molar-refractivity contribution is 6.42. The van der Waals surface area contributed by atoms with Crippen molar-refractivity contribution in [2.24, 2.45) is 16.5 Å². The van der Waals surface area contributed by atoms with Gasteiger partial charge in [0.05, 0.1) is 10.0 Å². The number of fused-ring (bicyclic) bond motifs is 1. The third kappa shape index (κ3) is 5.25. The SMILES string of the molecule is CC1Oc2ccc(C(N)C(=O)OC(C)(C)CCc3ccc(Cl)c(Cl)c3)cc2N=C1N. The molecule has 1 aliphatic rings. The lowest BCUT2D eigenvalue weighted by atomic mass is 9.98. The molecule has 3 rings (SSSR count). The molecule has 1 aliphatic heterocycles. The molecule has 2 unspecified atom stereocenters. The molecule has 2 atom stereocenters. The quantitative estimate of drug-likeness (QED) is 0.621. The zero-order chi connectivity index (χ0) is 22.1. The van der Waals surface area contributed by atoms with Crippen LogP contribution in [0.3, 0.4) is 0 Å². The zero-order valence-corrected chi connectivity index (χ0v) is 18.6. The van der Waals surface area contributed by atoms with Crippen molar-refractivity contribution in [1.82, 2.24) is 0 Å². The fraction of sp³-hybridized carbons (Fsp3) is 0.364. The van der Waals surface area contributed by atoms with E-state index in [-0.39, 0.29) is 6.10 Å². The lowest BCUT2D eigenvalue weighted by Crippen LogP contribution is -2.34. The Hall–Kier alpha value is -2.28. The summed E-state index contributed by atoms with van der Waals surface area (Å²) >= 11 is 12.0. The van der Waals surface area contributed by atoms with Gasteiger partial charge in [-0.2, -0.15) is 0 Å². The molecule has 0 saturated carbocycles. The van der Waals surface area contributed by atoms with Gasteiger partial charge in [0.15, 0.2) is 6.10 Å². The highest BCUT2D eigenvalue weighted by Crippen LogP contribution is 2.34. The molecule has 0 radical (unpaired) electrons. The number of nitrogens with zero attached hydrogens (tertiary/aromatic N) is 1. The van der Waals surface area contributed by atoms with E-state index < -0.39 is 17.6 Å². The van der Waals surface area contributed by atoms with Crippen molar-refractivity contribution in [3.63, 3.8) is 0 Å². The summed E-state index contributed by atoms with van der Waals surface area (Å²) in [5, 5.41) is 1.01. The van der Waals surface area contributed by atoms with Crippen LogP contribution in [0.15, 0.2) is 41.4 Å². The molecule has 4 N–H and O–H groups in total. The molecule has 30 heavy (non-hydrogen) atoms. The number of rotatable bonds is 6. The highest BCUT2D eigenvalue weighted by atomic mass is 35.5. The predicted molar refractivity (Wildman–Crippen MR) is 120 cm³/mol. The summed E-state index contributed by atoms with van der Waals surface area (Å²) in [4.78, 5) is 17.0. The first-order chi connectivity index (χ1) is 14.1. The Labute approximate surface area is 186 Å². The fourth-order valence-corrected chi connectivity index (χ4v) is 3.38. The van der Waals surface area contributed by atoms with E-state index in [1.807, 2.05) is 32.9 Å². The van der Waals surface area contributed by atoms with Crippen LogP contribution in [0.2, 0.25) is 10.0 Å². The van der Waals surface area contributed by atoms with Crippen molar-refractivity contribution < 1.29 is 14.3 Å². The number of carbonyl (C=O) groups excluding carboxylic acids is 1. The largest absolute Gasteiger partial charge is 0.481 e. The second-order valence-electron chi connectivity index (χ2n) is 7.93. The minimum absolute atomic E-state index is 0.293. The lowest BCUT2D eigenvalue weighted by Gasteiger charge is -2.27. The van der Waals surface area contributed by atoms with Crippen LogP contribution in [0.25, 0.3) is 0 Å². The number of esters is 1. The van der Waals surface area contributed by atoms with Gasteiger partial charge in [-0.25, -0.2) is 9.79 Å². The molecule has 0 aromatic heterocycles. The van der Waals surface area contributed by atoms with E-state index in [1.165, 1.54) is 0 Å². The van der Waals surface area contributed by atoms with Crippen molar-refractivity contribution in [3.8, 4) is 5.75 Å². The van der Waals surface area contributed by atoms with Gasteiger partial charge in [-0.05, 0) is 69.0 Å². The first-order valence-corrected chi connectivity index (χ1v) is 10.4. The first kappa shape index (κ1) is 22.4. The maximum atomic E-state index is 12.7. The Kier molecular flexibility index (Phi) is 6.60.